The first-order valence-electron chi connectivity index (χ1n) is 9.88. The van der Waals surface area contributed by atoms with E-state index in [2.05, 4.69) is 53.7 Å². The van der Waals surface area contributed by atoms with Crippen LogP contribution in [0.5, 0.6) is 0 Å². The number of hydrogen-bond donors (Lipinski definition) is 2. The zero-order valence-corrected chi connectivity index (χ0v) is 21.8. The molecule has 0 heterocycles. The van der Waals surface area contributed by atoms with Gasteiger partial charge in [0.15, 0.2) is 0 Å². The van der Waals surface area contributed by atoms with Crippen LogP contribution in [0.3, 0.4) is 0 Å². The van der Waals surface area contributed by atoms with Crippen LogP contribution in [0.25, 0.3) is 0 Å². The van der Waals surface area contributed by atoms with Crippen LogP contribution in [0.15, 0.2) is 23.7 Å². The predicted octanol–water partition coefficient (Wildman–Crippen LogP) is 2.88. The normalized spacial score (nSPS) is 14.0. The van der Waals surface area contributed by atoms with Crippen molar-refractivity contribution in [2.24, 2.45) is 11.8 Å². The van der Waals surface area contributed by atoms with Gasteiger partial charge in [-0.3, -0.25) is 9.11 Å². The summed E-state index contributed by atoms with van der Waals surface area (Å²) in [6, 6.07) is 0. The van der Waals surface area contributed by atoms with Gasteiger partial charge in [-0.05, 0) is 51.7 Å². The van der Waals surface area contributed by atoms with Gasteiger partial charge in [-0.2, -0.15) is 8.42 Å². The summed E-state index contributed by atoms with van der Waals surface area (Å²) in [5, 5.41) is 0. The second-order valence-electron chi connectivity index (χ2n) is 6.43. The van der Waals surface area contributed by atoms with Crippen molar-refractivity contribution in [1.29, 1.82) is 0 Å². The Balaban J connectivity index is -0.000000213. The topological polar surface area (TPSA) is 115 Å². The van der Waals surface area contributed by atoms with Gasteiger partial charge in [0.25, 0.3) is 0 Å². The molecule has 0 aliphatic rings. The zero-order valence-electron chi connectivity index (χ0n) is 20.0. The molecule has 0 bridgehead atoms. The van der Waals surface area contributed by atoms with Crippen molar-refractivity contribution in [2.45, 2.75) is 92.9 Å². The molecule has 0 saturated heterocycles. The van der Waals surface area contributed by atoms with Crippen molar-refractivity contribution < 1.29 is 58.7 Å². The summed E-state index contributed by atoms with van der Waals surface area (Å²) in [7, 11) is -4.67. The first-order chi connectivity index (χ1) is 12.2. The van der Waals surface area contributed by atoms with E-state index < -0.39 is 10.4 Å². The molecule has 0 aromatic rings. The molecule has 0 fully saturated rings. The van der Waals surface area contributed by atoms with Crippen LogP contribution in [0, 0.1) is 11.8 Å². The molecule has 0 aromatic heterocycles. The minimum atomic E-state index is -4.67. The fraction of sp³-hybridized carbons (Fsp3) is 0.800. The summed E-state index contributed by atoms with van der Waals surface area (Å²) in [6.07, 6.45) is 14.3. The third-order valence-corrected chi connectivity index (χ3v) is 4.41. The fourth-order valence-electron chi connectivity index (χ4n) is 2.89. The molecule has 2 unspecified atom stereocenters. The Bertz CT molecular complexity index is 471. The molecule has 2 atom stereocenters. The van der Waals surface area contributed by atoms with E-state index in [0.29, 0.717) is 11.8 Å². The van der Waals surface area contributed by atoms with Gasteiger partial charge in [0, 0.05) is 11.8 Å². The molecule has 166 valence electrons. The third-order valence-electron chi connectivity index (χ3n) is 4.41. The van der Waals surface area contributed by atoms with Gasteiger partial charge in [-0.15, -0.1) is 0 Å². The number of allylic oxidation sites excluding steroid dienone is 4. The standard InChI is InChI=1S/C20H38O.Na.H2O4S.H2O.H/c1-7-13-15-17(9-3)19(11-5)21-20(12-6)18(10-4)16-14-8-2;;1-5(2,3)4;;/h11-12,17-18H,7-10,13-16H2,1-6H3;;(H2,1,2,3,4);1H2;/q;+1;;;-1. The SMILES string of the molecule is CC=C(OC(=CC)C(CC)CCCC)C(CC)CCCC.O.O=S(=O)(O)O.[H-].[Na+]. The van der Waals surface area contributed by atoms with E-state index >= 15 is 0 Å². The Labute approximate surface area is 196 Å². The summed E-state index contributed by atoms with van der Waals surface area (Å²) in [5.41, 5.74) is 0. The maximum absolute atomic E-state index is 8.74. The molecule has 0 amide bonds. The monoisotopic (exact) mass is 434 g/mol. The Morgan fingerprint density at radius 3 is 1.36 bits per heavy atom. The van der Waals surface area contributed by atoms with Gasteiger partial charge in [0.2, 0.25) is 0 Å². The van der Waals surface area contributed by atoms with E-state index in [9.17, 15) is 0 Å². The molecule has 0 aliphatic carbocycles. The van der Waals surface area contributed by atoms with Crippen molar-refractivity contribution in [2.75, 3.05) is 0 Å². The van der Waals surface area contributed by atoms with Crippen LogP contribution in [0.1, 0.15) is 94.3 Å². The number of rotatable bonds is 12. The molecule has 0 aliphatic heterocycles. The summed E-state index contributed by atoms with van der Waals surface area (Å²) in [4.78, 5) is 0. The van der Waals surface area contributed by atoms with Gasteiger partial charge in [-0.1, -0.05) is 53.4 Å². The van der Waals surface area contributed by atoms with Crippen molar-refractivity contribution in [3.63, 3.8) is 0 Å². The molecule has 0 rings (SSSR count). The molecule has 8 heteroatoms. The molecule has 0 spiro atoms. The van der Waals surface area contributed by atoms with Gasteiger partial charge in [0.05, 0.1) is 0 Å². The number of unbranched alkanes of at least 4 members (excludes halogenated alkanes) is 2. The van der Waals surface area contributed by atoms with E-state index in [1.54, 1.807) is 0 Å². The zero-order chi connectivity index (χ0) is 20.6. The van der Waals surface area contributed by atoms with Gasteiger partial charge < -0.3 is 11.6 Å². The summed E-state index contributed by atoms with van der Waals surface area (Å²) < 4.78 is 38.0. The Hall–Kier alpha value is 0.110. The molecule has 0 saturated carbocycles. The molecule has 0 aromatic carbocycles. The van der Waals surface area contributed by atoms with Crippen LogP contribution >= 0.6 is 0 Å². The Morgan fingerprint density at radius 2 is 1.18 bits per heavy atom. The van der Waals surface area contributed by atoms with Crippen LogP contribution < -0.4 is 29.6 Å². The van der Waals surface area contributed by atoms with Crippen LogP contribution in [0.2, 0.25) is 0 Å². The van der Waals surface area contributed by atoms with E-state index in [-0.39, 0.29) is 36.5 Å². The summed E-state index contributed by atoms with van der Waals surface area (Å²) >= 11 is 0. The Morgan fingerprint density at radius 1 is 0.893 bits per heavy atom. The average molecular weight is 435 g/mol. The quantitative estimate of drug-likeness (QED) is 0.278. The largest absolute Gasteiger partial charge is 1.00 e. The van der Waals surface area contributed by atoms with E-state index in [4.69, 9.17) is 22.3 Å². The number of ether oxygens (including phenoxy) is 1. The molecule has 28 heavy (non-hydrogen) atoms. The molecule has 6 nitrogen and oxygen atoms in total. The van der Waals surface area contributed by atoms with Crippen molar-refractivity contribution in [1.82, 2.24) is 0 Å². The van der Waals surface area contributed by atoms with Gasteiger partial charge in [-0.25, -0.2) is 0 Å². The predicted molar refractivity (Wildman–Crippen MR) is 114 cm³/mol. The number of hydrogen-bond acceptors (Lipinski definition) is 3. The summed E-state index contributed by atoms with van der Waals surface area (Å²) in [5.74, 6) is 3.53. The molecule has 4 N–H and O–H groups in total. The van der Waals surface area contributed by atoms with E-state index in [1.165, 1.54) is 62.9 Å². The summed E-state index contributed by atoms with van der Waals surface area (Å²) in [6.45, 7) is 13.3. The second-order valence-corrected chi connectivity index (χ2v) is 7.32. The van der Waals surface area contributed by atoms with Crippen molar-refractivity contribution in [3.8, 4) is 0 Å². The van der Waals surface area contributed by atoms with Crippen molar-refractivity contribution >= 4 is 10.4 Å². The first kappa shape index (κ1) is 35.5. The first-order valence-corrected chi connectivity index (χ1v) is 11.3. The molecular weight excluding hydrogens is 391 g/mol. The maximum Gasteiger partial charge on any atom is 1.00 e. The smallest absolute Gasteiger partial charge is 1.00 e. The van der Waals surface area contributed by atoms with E-state index in [0.717, 1.165) is 0 Å². The van der Waals surface area contributed by atoms with Crippen LogP contribution in [-0.2, 0) is 15.1 Å². The minimum absolute atomic E-state index is 0. The maximum atomic E-state index is 8.74. The third kappa shape index (κ3) is 20.8. The molecule has 0 radical (unpaired) electrons. The van der Waals surface area contributed by atoms with Gasteiger partial charge >= 0.3 is 40.0 Å². The minimum Gasteiger partial charge on any atom is -1.00 e. The Kier molecular flexibility index (Phi) is 27.7. The van der Waals surface area contributed by atoms with Crippen LogP contribution in [-0.4, -0.2) is 23.0 Å². The molecular formula is C20H43NaO6S. The van der Waals surface area contributed by atoms with Gasteiger partial charge in [0.1, 0.15) is 11.5 Å². The average Bonchev–Trinajstić information content (AvgIpc) is 2.58. The second kappa shape index (κ2) is 21.8. The fourth-order valence-corrected chi connectivity index (χ4v) is 2.89. The van der Waals surface area contributed by atoms with E-state index in [1.807, 2.05) is 0 Å². The van der Waals surface area contributed by atoms with Crippen LogP contribution in [0.4, 0.5) is 0 Å². The van der Waals surface area contributed by atoms with Crippen molar-refractivity contribution in [3.05, 3.63) is 23.7 Å².